The Balaban J connectivity index is 1.66. The van der Waals surface area contributed by atoms with Gasteiger partial charge in [-0.3, -0.25) is 14.2 Å². The maximum atomic E-state index is 13.1. The lowest BCUT2D eigenvalue weighted by atomic mass is 10.2. The number of rotatable bonds is 6. The molecule has 1 heterocycles. The van der Waals surface area contributed by atoms with Gasteiger partial charge in [-0.1, -0.05) is 0 Å². The number of benzene rings is 2. The molecular formula is C20H17FN4O4. The van der Waals surface area contributed by atoms with Crippen molar-refractivity contribution in [2.24, 2.45) is 5.73 Å². The number of amides is 2. The number of esters is 1. The Kier molecular flexibility index (Phi) is 5.68. The van der Waals surface area contributed by atoms with Gasteiger partial charge in [-0.25, -0.2) is 14.2 Å². The van der Waals surface area contributed by atoms with Crippen LogP contribution in [0.3, 0.4) is 0 Å². The first-order valence-corrected chi connectivity index (χ1v) is 8.55. The van der Waals surface area contributed by atoms with Crippen LogP contribution in [0.25, 0.3) is 5.69 Å². The van der Waals surface area contributed by atoms with Crippen molar-refractivity contribution in [3.05, 3.63) is 78.1 Å². The summed E-state index contributed by atoms with van der Waals surface area (Å²) in [5, 5.41) is 2.58. The molecule has 0 aliphatic heterocycles. The predicted molar refractivity (Wildman–Crippen MR) is 102 cm³/mol. The fourth-order valence-electron chi connectivity index (χ4n) is 2.49. The fourth-order valence-corrected chi connectivity index (χ4v) is 2.49. The highest BCUT2D eigenvalue weighted by atomic mass is 19.1. The number of anilines is 1. The first-order valence-electron chi connectivity index (χ1n) is 8.55. The molecular weight excluding hydrogens is 379 g/mol. The monoisotopic (exact) mass is 396 g/mol. The summed E-state index contributed by atoms with van der Waals surface area (Å²) in [6.07, 6.45) is 1.57. The Morgan fingerprint density at radius 2 is 1.76 bits per heavy atom. The van der Waals surface area contributed by atoms with Gasteiger partial charge in [0.2, 0.25) is 5.91 Å². The molecule has 0 bridgehead atoms. The van der Waals surface area contributed by atoms with Crippen LogP contribution in [0, 0.1) is 5.82 Å². The fraction of sp³-hybridized carbons (Fsp3) is 0.100. The van der Waals surface area contributed by atoms with Gasteiger partial charge >= 0.3 is 5.97 Å². The van der Waals surface area contributed by atoms with E-state index in [2.05, 4.69) is 10.3 Å². The summed E-state index contributed by atoms with van der Waals surface area (Å²) in [5.41, 5.74) is 6.49. The minimum Gasteiger partial charge on any atom is -0.448 e. The Labute approximate surface area is 165 Å². The minimum absolute atomic E-state index is 0.0852. The molecule has 0 aliphatic rings. The van der Waals surface area contributed by atoms with Crippen molar-refractivity contribution in [3.8, 4) is 5.69 Å². The van der Waals surface area contributed by atoms with Crippen LogP contribution in [0.2, 0.25) is 0 Å². The number of carbonyl (C=O) groups is 3. The minimum atomic E-state index is -1.10. The van der Waals surface area contributed by atoms with Crippen LogP contribution >= 0.6 is 0 Å². The van der Waals surface area contributed by atoms with Crippen LogP contribution in [0.5, 0.6) is 0 Å². The normalized spacial score (nSPS) is 11.5. The molecule has 2 aromatic carbocycles. The highest BCUT2D eigenvalue weighted by Gasteiger charge is 2.22. The first-order chi connectivity index (χ1) is 13.8. The number of hydrogen-bond acceptors (Lipinski definition) is 5. The summed E-state index contributed by atoms with van der Waals surface area (Å²) in [7, 11) is 0. The van der Waals surface area contributed by atoms with E-state index in [0.29, 0.717) is 16.9 Å². The van der Waals surface area contributed by atoms with Crippen LogP contribution in [0.1, 0.15) is 27.8 Å². The largest absolute Gasteiger partial charge is 0.448 e. The molecule has 9 heteroatoms. The molecule has 2 amide bonds. The summed E-state index contributed by atoms with van der Waals surface area (Å²) in [5.74, 6) is -2.31. The van der Waals surface area contributed by atoms with Gasteiger partial charge in [-0.15, -0.1) is 0 Å². The zero-order chi connectivity index (χ0) is 21.0. The van der Waals surface area contributed by atoms with E-state index in [0.717, 1.165) is 0 Å². The van der Waals surface area contributed by atoms with Crippen LogP contribution in [0.4, 0.5) is 10.1 Å². The van der Waals surface area contributed by atoms with Gasteiger partial charge in [0, 0.05) is 16.9 Å². The zero-order valence-electron chi connectivity index (χ0n) is 15.3. The molecule has 1 aromatic heterocycles. The smallest absolute Gasteiger partial charge is 0.357 e. The van der Waals surface area contributed by atoms with Gasteiger partial charge in [0.25, 0.3) is 5.91 Å². The number of primary amides is 1. The molecule has 0 spiro atoms. The molecule has 148 valence electrons. The quantitative estimate of drug-likeness (QED) is 0.620. The lowest BCUT2D eigenvalue weighted by molar-refractivity contribution is -0.123. The van der Waals surface area contributed by atoms with Crippen LogP contribution in [-0.2, 0) is 9.53 Å². The Bertz CT molecular complexity index is 1050. The Morgan fingerprint density at radius 1 is 1.10 bits per heavy atom. The topological polar surface area (TPSA) is 116 Å². The number of nitrogens with one attached hydrogen (secondary N) is 1. The molecule has 3 aromatic rings. The third-order valence-corrected chi connectivity index (χ3v) is 4.04. The summed E-state index contributed by atoms with van der Waals surface area (Å²) in [6.45, 7) is 1.42. The number of halogens is 1. The SMILES string of the molecule is C[C@@H](OC(=O)c1cncn1-c1ccc(F)cc1)C(=O)Nc1ccc(C(N)=O)cc1. The van der Waals surface area contributed by atoms with Gasteiger partial charge in [0.05, 0.1) is 12.5 Å². The van der Waals surface area contributed by atoms with E-state index >= 15 is 0 Å². The van der Waals surface area contributed by atoms with E-state index in [1.165, 1.54) is 72.5 Å². The molecule has 0 fully saturated rings. The number of aromatic nitrogens is 2. The van der Waals surface area contributed by atoms with Crippen molar-refractivity contribution in [1.29, 1.82) is 0 Å². The molecule has 29 heavy (non-hydrogen) atoms. The van der Waals surface area contributed by atoms with Gasteiger partial charge < -0.3 is 15.8 Å². The van der Waals surface area contributed by atoms with Gasteiger partial charge in [-0.2, -0.15) is 0 Å². The number of hydrogen-bond donors (Lipinski definition) is 2. The third-order valence-electron chi connectivity index (χ3n) is 4.04. The highest BCUT2D eigenvalue weighted by Crippen LogP contribution is 2.15. The van der Waals surface area contributed by atoms with E-state index in [1.54, 1.807) is 0 Å². The van der Waals surface area contributed by atoms with Gasteiger partial charge in [0.1, 0.15) is 5.82 Å². The molecule has 0 aliphatic carbocycles. The van der Waals surface area contributed by atoms with Crippen molar-refractivity contribution in [3.63, 3.8) is 0 Å². The average Bonchev–Trinajstić information content (AvgIpc) is 3.19. The number of nitrogens with two attached hydrogens (primary N) is 1. The lowest BCUT2D eigenvalue weighted by Crippen LogP contribution is -2.30. The van der Waals surface area contributed by atoms with E-state index in [4.69, 9.17) is 10.5 Å². The molecule has 0 saturated carbocycles. The van der Waals surface area contributed by atoms with Crippen molar-refractivity contribution < 1.29 is 23.5 Å². The predicted octanol–water partition coefficient (Wildman–Crippen LogP) is 2.29. The molecule has 0 saturated heterocycles. The van der Waals surface area contributed by atoms with Crippen LogP contribution in [0.15, 0.2) is 61.1 Å². The number of ether oxygens (including phenoxy) is 1. The summed E-state index contributed by atoms with van der Waals surface area (Å²) in [4.78, 5) is 39.7. The Hall–Kier alpha value is -4.01. The molecule has 0 radical (unpaired) electrons. The molecule has 3 rings (SSSR count). The second-order valence-corrected chi connectivity index (χ2v) is 6.10. The van der Waals surface area contributed by atoms with Crippen molar-refractivity contribution in [2.45, 2.75) is 13.0 Å². The second kappa shape index (κ2) is 8.34. The molecule has 1 atom stereocenters. The van der Waals surface area contributed by atoms with Gasteiger partial charge in [0.15, 0.2) is 11.8 Å². The second-order valence-electron chi connectivity index (χ2n) is 6.10. The first kappa shape index (κ1) is 19.7. The van der Waals surface area contributed by atoms with Crippen molar-refractivity contribution >= 4 is 23.5 Å². The van der Waals surface area contributed by atoms with E-state index < -0.39 is 29.7 Å². The zero-order valence-corrected chi connectivity index (χ0v) is 15.3. The lowest BCUT2D eigenvalue weighted by Gasteiger charge is -2.14. The van der Waals surface area contributed by atoms with E-state index in [9.17, 15) is 18.8 Å². The summed E-state index contributed by atoms with van der Waals surface area (Å²) >= 11 is 0. The number of nitrogens with zero attached hydrogens (tertiary/aromatic N) is 2. The maximum absolute atomic E-state index is 13.1. The van der Waals surface area contributed by atoms with Crippen LogP contribution < -0.4 is 11.1 Å². The third kappa shape index (κ3) is 4.64. The maximum Gasteiger partial charge on any atom is 0.357 e. The summed E-state index contributed by atoms with van der Waals surface area (Å²) in [6, 6.07) is 11.4. The van der Waals surface area contributed by atoms with E-state index in [1.807, 2.05) is 0 Å². The van der Waals surface area contributed by atoms with Gasteiger partial charge in [-0.05, 0) is 55.5 Å². The molecule has 0 unspecified atom stereocenters. The number of imidazole rings is 1. The Morgan fingerprint density at radius 3 is 2.38 bits per heavy atom. The average molecular weight is 396 g/mol. The van der Waals surface area contributed by atoms with E-state index in [-0.39, 0.29) is 5.69 Å². The molecule has 3 N–H and O–H groups in total. The summed E-state index contributed by atoms with van der Waals surface area (Å²) < 4.78 is 19.7. The van der Waals surface area contributed by atoms with Crippen molar-refractivity contribution in [1.82, 2.24) is 9.55 Å². The highest BCUT2D eigenvalue weighted by molar-refractivity contribution is 5.98. The molecule has 8 nitrogen and oxygen atoms in total. The van der Waals surface area contributed by atoms with Crippen molar-refractivity contribution in [2.75, 3.05) is 5.32 Å². The number of carbonyl (C=O) groups excluding carboxylic acids is 3. The van der Waals surface area contributed by atoms with Crippen LogP contribution in [-0.4, -0.2) is 33.4 Å². The standard InChI is InChI=1S/C20H17FN4O4/c1-12(19(27)24-15-6-2-13(3-7-15)18(22)26)29-20(28)17-10-23-11-25(17)16-8-4-14(21)5-9-16/h2-12H,1H3,(H2,22,26)(H,24,27)/t12-/m1/s1.